The molecule has 2 unspecified atom stereocenters. The molecule has 6 nitrogen and oxygen atoms in total. The quantitative estimate of drug-likeness (QED) is 0.817. The zero-order chi connectivity index (χ0) is 20.3. The van der Waals surface area contributed by atoms with Crippen molar-refractivity contribution < 1.29 is 23.7 Å². The van der Waals surface area contributed by atoms with Crippen LogP contribution in [-0.4, -0.2) is 31.8 Å². The van der Waals surface area contributed by atoms with Crippen LogP contribution in [-0.2, 0) is 4.79 Å². The van der Waals surface area contributed by atoms with E-state index in [1.165, 1.54) is 0 Å². The molecule has 0 fully saturated rings. The SMILES string of the molecule is COc1ccc(OC(C)C(=O)NC2CC(C)(C)Oc3ccc(OC)cc32)cc1. The molecule has 1 heterocycles. The summed E-state index contributed by atoms with van der Waals surface area (Å²) in [4.78, 5) is 12.8. The fraction of sp³-hybridized carbons (Fsp3) is 0.409. The van der Waals surface area contributed by atoms with Gasteiger partial charge in [0.05, 0.1) is 20.3 Å². The molecule has 0 radical (unpaired) electrons. The molecule has 0 aromatic heterocycles. The highest BCUT2D eigenvalue weighted by molar-refractivity contribution is 5.81. The highest BCUT2D eigenvalue weighted by atomic mass is 16.5. The molecule has 150 valence electrons. The molecule has 2 aromatic rings. The largest absolute Gasteiger partial charge is 0.497 e. The minimum absolute atomic E-state index is 0.188. The van der Waals surface area contributed by atoms with Crippen LogP contribution >= 0.6 is 0 Å². The molecule has 6 heteroatoms. The average molecular weight is 385 g/mol. The summed E-state index contributed by atoms with van der Waals surface area (Å²) >= 11 is 0. The van der Waals surface area contributed by atoms with Crippen LogP contribution < -0.4 is 24.3 Å². The second kappa shape index (κ2) is 8.00. The fourth-order valence-corrected chi connectivity index (χ4v) is 3.29. The third kappa shape index (κ3) is 4.50. The number of rotatable bonds is 6. The van der Waals surface area contributed by atoms with Gasteiger partial charge < -0.3 is 24.3 Å². The van der Waals surface area contributed by atoms with Gasteiger partial charge in [-0.1, -0.05) is 0 Å². The standard InChI is InChI=1S/C22H27NO5/c1-14(27-16-8-6-15(25-4)7-9-16)21(24)23-19-13-22(2,3)28-20-11-10-17(26-5)12-18(19)20/h6-12,14,19H,13H2,1-5H3,(H,23,24). The number of hydrogen-bond donors (Lipinski definition) is 1. The monoisotopic (exact) mass is 385 g/mol. The Morgan fingerprint density at radius 2 is 1.68 bits per heavy atom. The van der Waals surface area contributed by atoms with Crippen LogP contribution in [0.1, 0.15) is 38.8 Å². The van der Waals surface area contributed by atoms with Crippen LogP contribution in [0.25, 0.3) is 0 Å². The molecule has 1 aliphatic heterocycles. The molecule has 0 saturated carbocycles. The molecule has 0 spiro atoms. The summed E-state index contributed by atoms with van der Waals surface area (Å²) in [5.74, 6) is 2.64. The third-order valence-corrected chi connectivity index (χ3v) is 4.73. The van der Waals surface area contributed by atoms with E-state index in [0.717, 1.165) is 22.8 Å². The van der Waals surface area contributed by atoms with E-state index in [0.29, 0.717) is 12.2 Å². The second-order valence-electron chi connectivity index (χ2n) is 7.47. The Morgan fingerprint density at radius 3 is 2.32 bits per heavy atom. The molecule has 28 heavy (non-hydrogen) atoms. The first kappa shape index (κ1) is 19.9. The fourth-order valence-electron chi connectivity index (χ4n) is 3.29. The average Bonchev–Trinajstić information content (AvgIpc) is 2.67. The minimum atomic E-state index is -0.645. The lowest BCUT2D eigenvalue weighted by atomic mass is 9.89. The topological polar surface area (TPSA) is 66.0 Å². The summed E-state index contributed by atoms with van der Waals surface area (Å²) in [7, 11) is 3.22. The van der Waals surface area contributed by atoms with Crippen molar-refractivity contribution in [2.75, 3.05) is 14.2 Å². The predicted molar refractivity (Wildman–Crippen MR) is 106 cm³/mol. The van der Waals surface area contributed by atoms with Crippen molar-refractivity contribution in [1.29, 1.82) is 0 Å². The van der Waals surface area contributed by atoms with Crippen LogP contribution in [0.5, 0.6) is 23.0 Å². The van der Waals surface area contributed by atoms with E-state index in [1.54, 1.807) is 45.4 Å². The third-order valence-electron chi connectivity index (χ3n) is 4.73. The van der Waals surface area contributed by atoms with Crippen molar-refractivity contribution in [2.24, 2.45) is 0 Å². The molecule has 0 aliphatic carbocycles. The maximum absolute atomic E-state index is 12.8. The lowest BCUT2D eigenvalue weighted by Crippen LogP contribution is -2.44. The van der Waals surface area contributed by atoms with E-state index in [2.05, 4.69) is 5.32 Å². The summed E-state index contributed by atoms with van der Waals surface area (Å²) in [6.45, 7) is 5.75. The molecule has 1 aliphatic rings. The summed E-state index contributed by atoms with van der Waals surface area (Å²) in [5, 5.41) is 3.10. The van der Waals surface area contributed by atoms with Crippen LogP contribution in [0.3, 0.4) is 0 Å². The van der Waals surface area contributed by atoms with Crippen LogP contribution in [0.15, 0.2) is 42.5 Å². The Bertz CT molecular complexity index is 831. The predicted octanol–water partition coefficient (Wildman–Crippen LogP) is 3.89. The number of fused-ring (bicyclic) bond motifs is 1. The van der Waals surface area contributed by atoms with Crippen LogP contribution in [0.4, 0.5) is 0 Å². The van der Waals surface area contributed by atoms with Gasteiger partial charge in [-0.2, -0.15) is 0 Å². The summed E-state index contributed by atoms with van der Waals surface area (Å²) < 4.78 is 22.3. The van der Waals surface area contributed by atoms with Gasteiger partial charge in [0, 0.05) is 12.0 Å². The van der Waals surface area contributed by atoms with Gasteiger partial charge in [-0.15, -0.1) is 0 Å². The first-order valence-corrected chi connectivity index (χ1v) is 9.29. The molecule has 3 rings (SSSR count). The maximum atomic E-state index is 12.8. The summed E-state index contributed by atoms with van der Waals surface area (Å²) in [5.41, 5.74) is 0.517. The van der Waals surface area contributed by atoms with Crippen molar-refractivity contribution in [2.45, 2.75) is 44.9 Å². The smallest absolute Gasteiger partial charge is 0.261 e. The highest BCUT2D eigenvalue weighted by Gasteiger charge is 2.35. The lowest BCUT2D eigenvalue weighted by Gasteiger charge is -2.38. The molecule has 0 saturated heterocycles. The van der Waals surface area contributed by atoms with E-state index >= 15 is 0 Å². The molecule has 2 atom stereocenters. The van der Waals surface area contributed by atoms with Crippen LogP contribution in [0.2, 0.25) is 0 Å². The normalized spacial score (nSPS) is 18.2. The second-order valence-corrected chi connectivity index (χ2v) is 7.47. The van der Waals surface area contributed by atoms with Gasteiger partial charge in [0.15, 0.2) is 6.10 Å². The van der Waals surface area contributed by atoms with Gasteiger partial charge in [-0.05, 0) is 63.2 Å². The molecule has 1 amide bonds. The van der Waals surface area contributed by atoms with Gasteiger partial charge >= 0.3 is 0 Å². The Balaban J connectivity index is 1.73. The highest BCUT2D eigenvalue weighted by Crippen LogP contribution is 2.41. The van der Waals surface area contributed by atoms with Gasteiger partial charge in [-0.25, -0.2) is 0 Å². The maximum Gasteiger partial charge on any atom is 0.261 e. The van der Waals surface area contributed by atoms with Gasteiger partial charge in [-0.3, -0.25) is 4.79 Å². The van der Waals surface area contributed by atoms with E-state index < -0.39 is 6.10 Å². The van der Waals surface area contributed by atoms with Crippen LogP contribution in [0, 0.1) is 0 Å². The van der Waals surface area contributed by atoms with Gasteiger partial charge in [0.2, 0.25) is 0 Å². The Labute approximate surface area is 165 Å². The lowest BCUT2D eigenvalue weighted by molar-refractivity contribution is -0.128. The Kier molecular flexibility index (Phi) is 5.68. The minimum Gasteiger partial charge on any atom is -0.497 e. The van der Waals surface area contributed by atoms with Crippen molar-refractivity contribution in [3.63, 3.8) is 0 Å². The number of amides is 1. The van der Waals surface area contributed by atoms with E-state index in [-0.39, 0.29) is 17.6 Å². The van der Waals surface area contributed by atoms with Crippen molar-refractivity contribution >= 4 is 5.91 Å². The van der Waals surface area contributed by atoms with E-state index in [1.807, 2.05) is 32.0 Å². The van der Waals surface area contributed by atoms with E-state index in [9.17, 15) is 4.79 Å². The number of hydrogen-bond acceptors (Lipinski definition) is 5. The molecule has 0 bridgehead atoms. The zero-order valence-corrected chi connectivity index (χ0v) is 16.9. The van der Waals surface area contributed by atoms with Crippen molar-refractivity contribution in [3.8, 4) is 23.0 Å². The first-order chi connectivity index (χ1) is 13.3. The van der Waals surface area contributed by atoms with Gasteiger partial charge in [0.1, 0.15) is 28.6 Å². The number of benzene rings is 2. The molecular weight excluding hydrogens is 358 g/mol. The molecular formula is C22H27NO5. The number of ether oxygens (including phenoxy) is 4. The Hall–Kier alpha value is -2.89. The molecule has 2 aromatic carbocycles. The molecule has 1 N–H and O–H groups in total. The van der Waals surface area contributed by atoms with Gasteiger partial charge in [0.25, 0.3) is 5.91 Å². The van der Waals surface area contributed by atoms with Crippen molar-refractivity contribution in [3.05, 3.63) is 48.0 Å². The summed E-state index contributed by atoms with van der Waals surface area (Å²) in [6.07, 6.45) is 0.00200. The van der Waals surface area contributed by atoms with E-state index in [4.69, 9.17) is 18.9 Å². The first-order valence-electron chi connectivity index (χ1n) is 9.29. The zero-order valence-electron chi connectivity index (χ0n) is 16.9. The number of nitrogens with one attached hydrogen (secondary N) is 1. The number of carbonyl (C=O) groups excluding carboxylic acids is 1. The number of carbonyl (C=O) groups is 1. The van der Waals surface area contributed by atoms with Crippen molar-refractivity contribution in [1.82, 2.24) is 5.32 Å². The summed E-state index contributed by atoms with van der Waals surface area (Å²) in [6, 6.07) is 12.6. The Morgan fingerprint density at radius 1 is 1.07 bits per heavy atom. The number of methoxy groups -OCH3 is 2.